The number of anilines is 1. The predicted octanol–water partition coefficient (Wildman–Crippen LogP) is 4.31. The van der Waals surface area contributed by atoms with Crippen molar-refractivity contribution >= 4 is 34.4 Å². The van der Waals surface area contributed by atoms with Gasteiger partial charge in [0.1, 0.15) is 11.4 Å². The summed E-state index contributed by atoms with van der Waals surface area (Å²) in [6, 6.07) is 11.1. The van der Waals surface area contributed by atoms with Gasteiger partial charge in [0.25, 0.3) is 11.8 Å². The lowest BCUT2D eigenvalue weighted by Gasteiger charge is -2.29. The zero-order valence-electron chi connectivity index (χ0n) is 16.2. The molecule has 1 aromatic carbocycles. The highest BCUT2D eigenvalue weighted by atomic mass is 32.1. The van der Waals surface area contributed by atoms with Crippen LogP contribution in [0, 0.1) is 0 Å². The third-order valence-corrected chi connectivity index (χ3v) is 5.86. The molecule has 0 saturated carbocycles. The number of imide groups is 1. The molecule has 2 aliphatic rings. The van der Waals surface area contributed by atoms with Gasteiger partial charge in [-0.05, 0) is 56.7 Å². The summed E-state index contributed by atoms with van der Waals surface area (Å²) in [6.45, 7) is 5.47. The van der Waals surface area contributed by atoms with Crippen LogP contribution in [0.15, 0.2) is 47.5 Å². The Balaban J connectivity index is 1.79. The minimum absolute atomic E-state index is 0.0553. The van der Waals surface area contributed by atoms with Gasteiger partial charge in [-0.3, -0.25) is 9.59 Å². The number of benzene rings is 1. The molecule has 5 nitrogen and oxygen atoms in total. The first-order chi connectivity index (χ1) is 13.6. The second kappa shape index (κ2) is 7.80. The van der Waals surface area contributed by atoms with Crippen LogP contribution >= 0.6 is 11.3 Å². The van der Waals surface area contributed by atoms with Gasteiger partial charge in [-0.1, -0.05) is 18.2 Å². The van der Waals surface area contributed by atoms with Crippen molar-refractivity contribution in [1.82, 2.24) is 4.90 Å². The number of piperidine rings is 1. The van der Waals surface area contributed by atoms with Gasteiger partial charge in [-0.2, -0.15) is 0 Å². The molecule has 0 spiro atoms. The summed E-state index contributed by atoms with van der Waals surface area (Å²) in [5, 5.41) is 1.94. The number of hydrogen-bond donors (Lipinski definition) is 0. The fraction of sp³-hybridized carbons (Fsp3) is 0.364. The average Bonchev–Trinajstić information content (AvgIpc) is 3.29. The minimum atomic E-state index is -0.271. The maximum Gasteiger partial charge on any atom is 0.282 e. The Morgan fingerprint density at radius 1 is 0.964 bits per heavy atom. The number of amides is 2. The number of rotatable bonds is 5. The van der Waals surface area contributed by atoms with Crippen molar-refractivity contribution in [2.75, 3.05) is 18.0 Å². The van der Waals surface area contributed by atoms with Gasteiger partial charge < -0.3 is 9.64 Å². The van der Waals surface area contributed by atoms with Crippen molar-refractivity contribution < 1.29 is 14.3 Å². The van der Waals surface area contributed by atoms with Crippen molar-refractivity contribution in [2.24, 2.45) is 0 Å². The number of carbonyl (C=O) groups is 2. The molecular formula is C22H24N2O3S. The molecule has 0 unspecified atom stereocenters. The molecule has 2 amide bonds. The molecule has 0 aliphatic carbocycles. The van der Waals surface area contributed by atoms with E-state index in [1.807, 2.05) is 43.5 Å². The number of thiophene rings is 1. The number of nitrogens with zero attached hydrogens (tertiary/aromatic N) is 2. The molecule has 1 fully saturated rings. The molecule has 1 saturated heterocycles. The topological polar surface area (TPSA) is 49.9 Å². The number of ether oxygens (including phenoxy) is 1. The standard InChI is InChI=1S/C22H24N2O3S/c1-15(2)27-17-10-5-4-9-16(17)24-21(25)19(18-11-8-14-28-18)20(22(24)26)23-12-6-3-7-13-23/h4-5,8-11,14-15H,3,6-7,12-13H2,1-2H3. The maximum absolute atomic E-state index is 13.5. The summed E-state index contributed by atoms with van der Waals surface area (Å²) in [5.74, 6) is 0.0209. The molecule has 146 valence electrons. The molecule has 4 rings (SSSR count). The van der Waals surface area contributed by atoms with Gasteiger partial charge >= 0.3 is 0 Å². The third kappa shape index (κ3) is 3.33. The monoisotopic (exact) mass is 396 g/mol. The number of hydrogen-bond acceptors (Lipinski definition) is 5. The van der Waals surface area contributed by atoms with Crippen LogP contribution in [0.25, 0.3) is 5.57 Å². The van der Waals surface area contributed by atoms with E-state index in [9.17, 15) is 9.59 Å². The number of para-hydroxylation sites is 2. The van der Waals surface area contributed by atoms with Crippen LogP contribution in [-0.4, -0.2) is 35.9 Å². The molecule has 28 heavy (non-hydrogen) atoms. The quantitative estimate of drug-likeness (QED) is 0.707. The van der Waals surface area contributed by atoms with Gasteiger partial charge in [0.2, 0.25) is 0 Å². The zero-order valence-corrected chi connectivity index (χ0v) is 17.0. The van der Waals surface area contributed by atoms with E-state index in [0.29, 0.717) is 22.7 Å². The van der Waals surface area contributed by atoms with Gasteiger partial charge in [0.15, 0.2) is 0 Å². The molecule has 2 aromatic rings. The first kappa shape index (κ1) is 18.7. The molecule has 2 aliphatic heterocycles. The van der Waals surface area contributed by atoms with Crippen LogP contribution in [0.3, 0.4) is 0 Å². The van der Waals surface area contributed by atoms with E-state index in [2.05, 4.69) is 4.90 Å². The summed E-state index contributed by atoms with van der Waals surface area (Å²) in [6.07, 6.45) is 3.18. The van der Waals surface area contributed by atoms with E-state index in [4.69, 9.17) is 4.74 Å². The van der Waals surface area contributed by atoms with E-state index in [0.717, 1.165) is 37.2 Å². The smallest absolute Gasteiger partial charge is 0.282 e. The Morgan fingerprint density at radius 3 is 2.39 bits per heavy atom. The zero-order chi connectivity index (χ0) is 19.7. The average molecular weight is 397 g/mol. The third-order valence-electron chi connectivity index (χ3n) is 4.97. The van der Waals surface area contributed by atoms with E-state index in [1.165, 1.54) is 16.2 Å². The van der Waals surface area contributed by atoms with E-state index >= 15 is 0 Å². The number of carbonyl (C=O) groups excluding carboxylic acids is 2. The van der Waals surface area contributed by atoms with E-state index in [-0.39, 0.29) is 17.9 Å². The summed E-state index contributed by atoms with van der Waals surface area (Å²) in [4.78, 5) is 31.2. The second-order valence-electron chi connectivity index (χ2n) is 7.33. The highest BCUT2D eigenvalue weighted by Crippen LogP contribution is 2.40. The van der Waals surface area contributed by atoms with Gasteiger partial charge in [0, 0.05) is 18.0 Å². The largest absolute Gasteiger partial charge is 0.489 e. The molecular weight excluding hydrogens is 372 g/mol. The molecule has 1 aromatic heterocycles. The van der Waals surface area contributed by atoms with Crippen molar-refractivity contribution in [3.8, 4) is 5.75 Å². The highest BCUT2D eigenvalue weighted by molar-refractivity contribution is 7.11. The Bertz CT molecular complexity index is 912. The predicted molar refractivity (Wildman–Crippen MR) is 111 cm³/mol. The fourth-order valence-corrected chi connectivity index (χ4v) is 4.55. The second-order valence-corrected chi connectivity index (χ2v) is 8.28. The van der Waals surface area contributed by atoms with Crippen LogP contribution < -0.4 is 9.64 Å². The summed E-state index contributed by atoms with van der Waals surface area (Å²) in [7, 11) is 0. The first-order valence-electron chi connectivity index (χ1n) is 9.75. The summed E-state index contributed by atoms with van der Waals surface area (Å²) in [5.41, 5.74) is 1.56. The molecule has 3 heterocycles. The van der Waals surface area contributed by atoms with E-state index in [1.54, 1.807) is 12.1 Å². The van der Waals surface area contributed by atoms with Crippen LogP contribution in [0.5, 0.6) is 5.75 Å². The van der Waals surface area contributed by atoms with Crippen LogP contribution in [0.4, 0.5) is 5.69 Å². The van der Waals surface area contributed by atoms with Crippen molar-refractivity contribution in [1.29, 1.82) is 0 Å². The van der Waals surface area contributed by atoms with Crippen LogP contribution in [-0.2, 0) is 9.59 Å². The van der Waals surface area contributed by atoms with E-state index < -0.39 is 0 Å². The first-order valence-corrected chi connectivity index (χ1v) is 10.6. The Kier molecular flexibility index (Phi) is 5.22. The molecule has 0 radical (unpaired) electrons. The Hall–Kier alpha value is -2.60. The minimum Gasteiger partial charge on any atom is -0.489 e. The molecule has 6 heteroatoms. The van der Waals surface area contributed by atoms with Gasteiger partial charge in [-0.15, -0.1) is 11.3 Å². The van der Waals surface area contributed by atoms with Gasteiger partial charge in [-0.25, -0.2) is 4.90 Å². The fourth-order valence-electron chi connectivity index (χ4n) is 3.79. The van der Waals surface area contributed by atoms with Crippen LogP contribution in [0.1, 0.15) is 38.0 Å². The molecule has 0 atom stereocenters. The Labute approximate surface area is 169 Å². The lowest BCUT2D eigenvalue weighted by Crippen LogP contribution is -2.37. The summed E-state index contributed by atoms with van der Waals surface area (Å²) < 4.78 is 5.89. The molecule has 0 N–H and O–H groups in total. The lowest BCUT2D eigenvalue weighted by molar-refractivity contribution is -0.120. The SMILES string of the molecule is CC(C)Oc1ccccc1N1C(=O)C(c2cccs2)=C(N2CCCCC2)C1=O. The normalized spacial score (nSPS) is 17.8. The van der Waals surface area contributed by atoms with Gasteiger partial charge in [0.05, 0.1) is 17.4 Å². The van der Waals surface area contributed by atoms with Crippen LogP contribution in [0.2, 0.25) is 0 Å². The Morgan fingerprint density at radius 2 is 1.71 bits per heavy atom. The molecule has 0 bridgehead atoms. The van der Waals surface area contributed by atoms with Crippen molar-refractivity contribution in [3.05, 3.63) is 52.4 Å². The lowest BCUT2D eigenvalue weighted by atomic mass is 10.1. The number of likely N-dealkylation sites (tertiary alicyclic amines) is 1. The maximum atomic E-state index is 13.5. The van der Waals surface area contributed by atoms with Crippen molar-refractivity contribution in [3.63, 3.8) is 0 Å². The summed E-state index contributed by atoms with van der Waals surface area (Å²) >= 11 is 1.49. The van der Waals surface area contributed by atoms with Crippen molar-refractivity contribution in [2.45, 2.75) is 39.2 Å². The highest BCUT2D eigenvalue weighted by Gasteiger charge is 2.44.